The van der Waals surface area contributed by atoms with Gasteiger partial charge in [-0.1, -0.05) is 47.5 Å². The summed E-state index contributed by atoms with van der Waals surface area (Å²) in [6, 6.07) is 15.2. The van der Waals surface area contributed by atoms with E-state index in [1.807, 2.05) is 29.8 Å². The molecule has 3 nitrogen and oxygen atoms in total. The largest absolute Gasteiger partial charge is 0.330 e. The van der Waals surface area contributed by atoms with E-state index in [4.69, 9.17) is 23.2 Å². The molecule has 0 radical (unpaired) electrons. The Bertz CT molecular complexity index is 1170. The van der Waals surface area contributed by atoms with Crippen LogP contribution in [0.4, 0.5) is 0 Å². The van der Waals surface area contributed by atoms with Crippen LogP contribution in [0.3, 0.4) is 0 Å². The van der Waals surface area contributed by atoms with E-state index in [2.05, 4.69) is 12.1 Å². The van der Waals surface area contributed by atoms with Crippen LogP contribution in [-0.4, -0.2) is 9.13 Å². The Morgan fingerprint density at radius 3 is 2.33 bits per heavy atom. The molecule has 0 fully saturated rings. The van der Waals surface area contributed by atoms with Crippen molar-refractivity contribution in [1.82, 2.24) is 9.13 Å². The highest BCUT2D eigenvalue weighted by atomic mass is 35.5. The fourth-order valence-electron chi connectivity index (χ4n) is 3.34. The first kappa shape index (κ1) is 15.3. The lowest BCUT2D eigenvalue weighted by Gasteiger charge is -2.09. The molecule has 0 amide bonds. The molecule has 2 aromatic heterocycles. The number of aromatic nitrogens is 2. The van der Waals surface area contributed by atoms with Crippen molar-refractivity contribution in [3.8, 4) is 11.1 Å². The van der Waals surface area contributed by atoms with Crippen LogP contribution in [0.5, 0.6) is 0 Å². The Labute approximate surface area is 148 Å². The minimum Gasteiger partial charge on any atom is -0.330 e. The molecule has 0 aliphatic rings. The number of benzene rings is 2. The second-order valence-electron chi connectivity index (χ2n) is 5.86. The number of rotatable bonds is 1. The maximum absolute atomic E-state index is 12.9. The first-order chi connectivity index (χ1) is 11.5. The van der Waals surface area contributed by atoms with Crippen molar-refractivity contribution in [3.63, 3.8) is 0 Å². The average molecular weight is 357 g/mol. The van der Waals surface area contributed by atoms with Crippen LogP contribution in [0.15, 0.2) is 53.3 Å². The van der Waals surface area contributed by atoms with E-state index in [-0.39, 0.29) is 5.56 Å². The van der Waals surface area contributed by atoms with Gasteiger partial charge in [0.15, 0.2) is 0 Å². The second kappa shape index (κ2) is 5.40. The lowest BCUT2D eigenvalue weighted by molar-refractivity contribution is 0.846. The smallest absolute Gasteiger partial charge is 0.259 e. The second-order valence-corrected chi connectivity index (χ2v) is 6.70. The monoisotopic (exact) mass is 356 g/mol. The predicted molar refractivity (Wildman–Crippen MR) is 101 cm³/mol. The molecule has 0 spiro atoms. The third-order valence-corrected chi connectivity index (χ3v) is 5.02. The summed E-state index contributed by atoms with van der Waals surface area (Å²) in [5.41, 5.74) is 3.15. The van der Waals surface area contributed by atoms with Gasteiger partial charge >= 0.3 is 0 Å². The molecule has 0 bridgehead atoms. The van der Waals surface area contributed by atoms with Gasteiger partial charge < -0.3 is 4.57 Å². The van der Waals surface area contributed by atoms with Crippen LogP contribution in [0, 0.1) is 0 Å². The van der Waals surface area contributed by atoms with Crippen molar-refractivity contribution in [2.45, 2.75) is 0 Å². The zero-order chi connectivity index (χ0) is 17.0. The van der Waals surface area contributed by atoms with Gasteiger partial charge in [-0.15, -0.1) is 0 Å². The highest BCUT2D eigenvalue weighted by Crippen LogP contribution is 2.33. The molecule has 5 heteroatoms. The Kier molecular flexibility index (Phi) is 3.44. The average Bonchev–Trinajstić information content (AvgIpc) is 2.85. The van der Waals surface area contributed by atoms with Crippen LogP contribution in [-0.2, 0) is 14.1 Å². The normalized spacial score (nSPS) is 11.5. The van der Waals surface area contributed by atoms with E-state index in [0.717, 1.165) is 21.9 Å². The van der Waals surface area contributed by atoms with Crippen molar-refractivity contribution in [2.24, 2.45) is 14.1 Å². The third kappa shape index (κ3) is 2.09. The number of fused-ring (bicyclic) bond motifs is 3. The predicted octanol–water partition coefficient (Wildman–Crippen LogP) is 5.00. The molecule has 4 rings (SSSR count). The standard InChI is InChI=1S/C19H14Cl2N2O/c1-22-17-6-4-3-5-13(17)14-10-15(19(24)23(2)18(14)22)12-8-7-11(20)9-16(12)21/h3-10H,1-2H3. The Hall–Kier alpha value is -2.23. The number of pyridine rings is 1. The number of para-hydroxylation sites is 1. The van der Waals surface area contributed by atoms with Crippen molar-refractivity contribution >= 4 is 45.1 Å². The highest BCUT2D eigenvalue weighted by Gasteiger charge is 2.16. The van der Waals surface area contributed by atoms with Crippen molar-refractivity contribution in [3.05, 3.63) is 68.9 Å². The zero-order valence-electron chi connectivity index (χ0n) is 13.2. The molecule has 0 unspecified atom stereocenters. The summed E-state index contributed by atoms with van der Waals surface area (Å²) in [4.78, 5) is 12.9. The third-order valence-electron chi connectivity index (χ3n) is 4.48. The van der Waals surface area contributed by atoms with Gasteiger partial charge in [-0.2, -0.15) is 0 Å². The molecule has 0 aliphatic carbocycles. The van der Waals surface area contributed by atoms with Gasteiger partial charge in [-0.25, -0.2) is 0 Å². The number of aryl methyl sites for hydroxylation is 2. The molecule has 24 heavy (non-hydrogen) atoms. The summed E-state index contributed by atoms with van der Waals surface area (Å²) < 4.78 is 3.72. The van der Waals surface area contributed by atoms with Gasteiger partial charge in [0.2, 0.25) is 0 Å². The van der Waals surface area contributed by atoms with Gasteiger partial charge in [-0.05, 0) is 24.3 Å². The van der Waals surface area contributed by atoms with Gasteiger partial charge in [0.1, 0.15) is 5.65 Å². The number of hydrogen-bond donors (Lipinski definition) is 0. The van der Waals surface area contributed by atoms with Crippen molar-refractivity contribution < 1.29 is 0 Å². The Morgan fingerprint density at radius 1 is 0.833 bits per heavy atom. The molecular formula is C19H14Cl2N2O. The number of halogens is 2. The Morgan fingerprint density at radius 2 is 1.58 bits per heavy atom. The number of hydrogen-bond acceptors (Lipinski definition) is 1. The minimum absolute atomic E-state index is 0.0855. The fourth-order valence-corrected chi connectivity index (χ4v) is 3.85. The van der Waals surface area contributed by atoms with E-state index >= 15 is 0 Å². The fraction of sp³-hybridized carbons (Fsp3) is 0.105. The van der Waals surface area contributed by atoms with Gasteiger partial charge in [0.25, 0.3) is 5.56 Å². The maximum Gasteiger partial charge on any atom is 0.259 e. The SMILES string of the molecule is Cn1c(=O)c(-c2ccc(Cl)cc2Cl)cc2c3ccccc3n(C)c21. The molecule has 120 valence electrons. The van der Waals surface area contributed by atoms with Crippen molar-refractivity contribution in [1.29, 1.82) is 0 Å². The molecule has 2 heterocycles. The summed E-state index contributed by atoms with van der Waals surface area (Å²) in [5.74, 6) is 0. The zero-order valence-corrected chi connectivity index (χ0v) is 14.7. The topological polar surface area (TPSA) is 26.9 Å². The highest BCUT2D eigenvalue weighted by molar-refractivity contribution is 6.36. The van der Waals surface area contributed by atoms with E-state index in [9.17, 15) is 4.79 Å². The first-order valence-electron chi connectivity index (χ1n) is 7.51. The summed E-state index contributed by atoms with van der Waals surface area (Å²) in [6.07, 6.45) is 0. The van der Waals surface area contributed by atoms with Gasteiger partial charge in [0, 0.05) is 41.0 Å². The summed E-state index contributed by atoms with van der Waals surface area (Å²) in [7, 11) is 3.76. The van der Waals surface area contributed by atoms with E-state index in [0.29, 0.717) is 21.2 Å². The first-order valence-corrected chi connectivity index (χ1v) is 8.27. The van der Waals surface area contributed by atoms with Crippen molar-refractivity contribution in [2.75, 3.05) is 0 Å². The minimum atomic E-state index is -0.0855. The lowest BCUT2D eigenvalue weighted by Crippen LogP contribution is -2.20. The van der Waals surface area contributed by atoms with E-state index in [1.165, 1.54) is 0 Å². The number of nitrogens with zero attached hydrogens (tertiary/aromatic N) is 2. The van der Waals surface area contributed by atoms with E-state index in [1.54, 1.807) is 29.8 Å². The molecule has 4 aromatic rings. The quantitative estimate of drug-likeness (QED) is 0.471. The van der Waals surface area contributed by atoms with Crippen LogP contribution < -0.4 is 5.56 Å². The van der Waals surface area contributed by atoms with E-state index < -0.39 is 0 Å². The van der Waals surface area contributed by atoms with Crippen LogP contribution in [0.1, 0.15) is 0 Å². The van der Waals surface area contributed by atoms with Gasteiger partial charge in [0.05, 0.1) is 10.5 Å². The molecule has 0 N–H and O–H groups in total. The Balaban J connectivity index is 2.17. The molecule has 0 aliphatic heterocycles. The van der Waals surface area contributed by atoms with Crippen LogP contribution >= 0.6 is 23.2 Å². The summed E-state index contributed by atoms with van der Waals surface area (Å²) >= 11 is 12.3. The molecule has 0 saturated heterocycles. The molecule has 0 atom stereocenters. The summed E-state index contributed by atoms with van der Waals surface area (Å²) in [6.45, 7) is 0. The molecule has 0 saturated carbocycles. The van der Waals surface area contributed by atoms with Crippen LogP contribution in [0.25, 0.3) is 33.1 Å². The molecular weight excluding hydrogens is 343 g/mol. The summed E-state index contributed by atoms with van der Waals surface area (Å²) in [5, 5.41) is 3.15. The van der Waals surface area contributed by atoms with Crippen LogP contribution in [0.2, 0.25) is 10.0 Å². The molecule has 2 aromatic carbocycles. The van der Waals surface area contributed by atoms with Gasteiger partial charge in [-0.3, -0.25) is 9.36 Å². The maximum atomic E-state index is 12.9. The lowest BCUT2D eigenvalue weighted by atomic mass is 10.0.